The Morgan fingerprint density at radius 2 is 0.975 bits per heavy atom. The van der Waals surface area contributed by atoms with E-state index >= 15 is 0 Å². The Kier molecular flexibility index (Phi) is 22.7. The Balaban J connectivity index is 1.29. The van der Waals surface area contributed by atoms with Gasteiger partial charge >= 0.3 is 11.9 Å². The van der Waals surface area contributed by atoms with Gasteiger partial charge in [0.15, 0.2) is 0 Å². The van der Waals surface area contributed by atoms with E-state index in [2.05, 4.69) is 31.9 Å². The van der Waals surface area contributed by atoms with Gasteiger partial charge in [-0.1, -0.05) is 82.3 Å². The molecule has 2 saturated heterocycles. The van der Waals surface area contributed by atoms with E-state index in [4.69, 9.17) is 10.8 Å². The first-order valence-electron chi connectivity index (χ1n) is 26.3. The number of amides is 8. The van der Waals surface area contributed by atoms with Crippen molar-refractivity contribution in [3.63, 3.8) is 0 Å². The van der Waals surface area contributed by atoms with E-state index in [0.29, 0.717) is 24.0 Å². The van der Waals surface area contributed by atoms with Crippen LogP contribution in [-0.4, -0.2) is 169 Å². The lowest BCUT2D eigenvalue weighted by Crippen LogP contribution is -2.61. The van der Waals surface area contributed by atoms with Crippen LogP contribution < -0.4 is 37.6 Å². The van der Waals surface area contributed by atoms with Gasteiger partial charge in [-0.25, -0.2) is 4.79 Å². The first kappa shape index (κ1) is 61.7. The number of carbonyl (C=O) groups excluding carboxylic acids is 8. The Hall–Kier alpha value is -8.12. The van der Waals surface area contributed by atoms with E-state index in [0.717, 1.165) is 5.56 Å². The molecule has 2 aliphatic heterocycles. The van der Waals surface area contributed by atoms with Crippen molar-refractivity contribution in [2.45, 2.75) is 140 Å². The third kappa shape index (κ3) is 17.7. The number of nitrogens with two attached hydrogens (primary N) is 1. The molecule has 24 heteroatoms. The van der Waals surface area contributed by atoms with Crippen LogP contribution in [-0.2, 0) is 67.2 Å². The van der Waals surface area contributed by atoms with Gasteiger partial charge in [-0.05, 0) is 91.3 Å². The average molecular weight is 1100 g/mol. The summed E-state index contributed by atoms with van der Waals surface area (Å²) in [6, 6.07) is 8.63. The first-order chi connectivity index (χ1) is 37.5. The van der Waals surface area contributed by atoms with Crippen LogP contribution in [0.1, 0.15) is 82.9 Å². The fourth-order valence-electron chi connectivity index (χ4n) is 9.44. The molecule has 0 saturated carbocycles. The SMILES string of the molecule is CC(C)[C@H](NC(=O)[C@H](Cc1ccc(O)cc1)NC(=O)[C@@H]1CCCN1C(=O)[C@H](CO)NC(=O)[C@@H]1CCCN1C(=O)[C@@H](NC(=O)[C@@H](N)Cc1ccccc1)C(C)C)C(=O)N[C@@H](Cc1ccc(O)cc1)C(=O)N[C@@H](CCC(=O)O)C(=O)O. The number of aliphatic hydroxyl groups is 1. The van der Waals surface area contributed by atoms with Crippen molar-refractivity contribution in [2.24, 2.45) is 17.6 Å². The number of aliphatic hydroxyl groups excluding tert-OH is 1. The number of rotatable bonds is 27. The molecule has 2 aliphatic rings. The molecule has 3 aromatic rings. The van der Waals surface area contributed by atoms with E-state index in [-0.39, 0.29) is 56.7 Å². The van der Waals surface area contributed by atoms with Crippen molar-refractivity contribution in [1.82, 2.24) is 41.7 Å². The largest absolute Gasteiger partial charge is 0.508 e. The van der Waals surface area contributed by atoms with Crippen LogP contribution in [0.25, 0.3) is 0 Å². The minimum absolute atomic E-state index is 0.0234. The van der Waals surface area contributed by atoms with Crippen molar-refractivity contribution in [1.29, 1.82) is 0 Å². The highest BCUT2D eigenvalue weighted by Gasteiger charge is 2.43. The summed E-state index contributed by atoms with van der Waals surface area (Å²) in [5, 5.41) is 64.8. The number of benzene rings is 3. The normalized spacial score (nSPS) is 17.8. The van der Waals surface area contributed by atoms with E-state index in [1.54, 1.807) is 27.7 Å². The zero-order valence-corrected chi connectivity index (χ0v) is 44.6. The molecule has 5 rings (SSSR count). The zero-order valence-electron chi connectivity index (χ0n) is 44.6. The van der Waals surface area contributed by atoms with Gasteiger partial charge in [0.1, 0.15) is 59.8 Å². The van der Waals surface area contributed by atoms with Gasteiger partial charge in [0.25, 0.3) is 0 Å². The number of carboxylic acid groups (broad SMARTS) is 2. The van der Waals surface area contributed by atoms with Gasteiger partial charge < -0.3 is 73.0 Å². The number of carbonyl (C=O) groups is 10. The lowest BCUT2D eigenvalue weighted by Gasteiger charge is -2.33. The van der Waals surface area contributed by atoms with Crippen LogP contribution in [0.4, 0.5) is 0 Å². The first-order valence-corrected chi connectivity index (χ1v) is 26.3. The van der Waals surface area contributed by atoms with Crippen molar-refractivity contribution >= 4 is 59.2 Å². The number of phenolic OH excluding ortho intramolecular Hbond substituents is 2. The van der Waals surface area contributed by atoms with Gasteiger partial charge in [0, 0.05) is 32.4 Å². The molecule has 9 atom stereocenters. The molecule has 79 heavy (non-hydrogen) atoms. The molecule has 2 fully saturated rings. The van der Waals surface area contributed by atoms with E-state index in [1.165, 1.54) is 58.3 Å². The lowest BCUT2D eigenvalue weighted by molar-refractivity contribution is -0.145. The van der Waals surface area contributed by atoms with Crippen molar-refractivity contribution < 1.29 is 73.5 Å². The molecule has 0 bridgehead atoms. The van der Waals surface area contributed by atoms with Gasteiger partial charge in [0.2, 0.25) is 47.3 Å². The minimum atomic E-state index is -1.64. The highest BCUT2D eigenvalue weighted by molar-refractivity contribution is 5.98. The molecule has 24 nitrogen and oxygen atoms in total. The van der Waals surface area contributed by atoms with Crippen LogP contribution in [0, 0.1) is 11.8 Å². The molecule has 2 heterocycles. The molecular formula is C55H73N9O15. The second-order valence-electron chi connectivity index (χ2n) is 20.6. The Morgan fingerprint density at radius 3 is 1.46 bits per heavy atom. The van der Waals surface area contributed by atoms with Crippen LogP contribution in [0.15, 0.2) is 78.9 Å². The summed E-state index contributed by atoms with van der Waals surface area (Å²) in [7, 11) is 0. The molecular weight excluding hydrogens is 1030 g/mol. The Labute approximate surface area is 457 Å². The maximum absolute atomic E-state index is 14.4. The fourth-order valence-corrected chi connectivity index (χ4v) is 9.44. The monoisotopic (exact) mass is 1100 g/mol. The summed E-state index contributed by atoms with van der Waals surface area (Å²) in [5.74, 6) is -10.3. The number of nitrogens with zero attached hydrogens (tertiary/aromatic N) is 2. The molecule has 3 aromatic carbocycles. The van der Waals surface area contributed by atoms with Crippen molar-refractivity contribution in [3.05, 3.63) is 95.6 Å². The minimum Gasteiger partial charge on any atom is -0.508 e. The number of aliphatic carboxylic acids is 2. The van der Waals surface area contributed by atoms with Crippen LogP contribution in [0.2, 0.25) is 0 Å². The maximum Gasteiger partial charge on any atom is 0.326 e. The summed E-state index contributed by atoms with van der Waals surface area (Å²) < 4.78 is 0. The molecule has 0 aliphatic carbocycles. The van der Waals surface area contributed by atoms with Gasteiger partial charge in [-0.3, -0.25) is 43.2 Å². The molecule has 8 amide bonds. The molecule has 0 spiro atoms. The quantitative estimate of drug-likeness (QED) is 0.0462. The van der Waals surface area contributed by atoms with Crippen molar-refractivity contribution in [3.8, 4) is 11.5 Å². The average Bonchev–Trinajstić information content (AvgIpc) is 4.13. The summed E-state index contributed by atoms with van der Waals surface area (Å²) in [4.78, 5) is 138. The fraction of sp³-hybridized carbons (Fsp3) is 0.491. The zero-order chi connectivity index (χ0) is 58.1. The highest BCUT2D eigenvalue weighted by atomic mass is 16.4. The van der Waals surface area contributed by atoms with Crippen LogP contribution in [0.5, 0.6) is 11.5 Å². The number of carboxylic acids is 2. The molecule has 13 N–H and O–H groups in total. The predicted molar refractivity (Wildman–Crippen MR) is 284 cm³/mol. The second-order valence-corrected chi connectivity index (χ2v) is 20.6. The van der Waals surface area contributed by atoms with E-state index < -0.39 is 145 Å². The summed E-state index contributed by atoms with van der Waals surface area (Å²) in [6.45, 7) is 5.97. The van der Waals surface area contributed by atoms with E-state index in [9.17, 15) is 68.4 Å². The third-order valence-electron chi connectivity index (χ3n) is 13.9. The van der Waals surface area contributed by atoms with Crippen LogP contribution in [0.3, 0.4) is 0 Å². The smallest absolute Gasteiger partial charge is 0.326 e. The topological polar surface area (TPSA) is 377 Å². The molecule has 0 radical (unpaired) electrons. The Bertz CT molecular complexity index is 2640. The highest BCUT2D eigenvalue weighted by Crippen LogP contribution is 2.24. The third-order valence-corrected chi connectivity index (χ3v) is 13.9. The number of likely N-dealkylation sites (tertiary alicyclic amines) is 2. The van der Waals surface area contributed by atoms with E-state index in [1.807, 2.05) is 30.3 Å². The number of hydrogen-bond acceptors (Lipinski definition) is 14. The molecule has 0 aromatic heterocycles. The van der Waals surface area contributed by atoms with Crippen LogP contribution >= 0.6 is 0 Å². The van der Waals surface area contributed by atoms with Gasteiger partial charge in [-0.15, -0.1) is 0 Å². The lowest BCUT2D eigenvalue weighted by atomic mass is 9.99. The second kappa shape index (κ2) is 29.0. The molecule has 0 unspecified atom stereocenters. The Morgan fingerprint density at radius 1 is 0.532 bits per heavy atom. The number of aromatic hydroxyl groups is 2. The van der Waals surface area contributed by atoms with Crippen molar-refractivity contribution in [2.75, 3.05) is 19.7 Å². The summed E-state index contributed by atoms with van der Waals surface area (Å²) in [5.41, 5.74) is 7.94. The summed E-state index contributed by atoms with van der Waals surface area (Å²) >= 11 is 0. The number of phenols is 2. The van der Waals surface area contributed by atoms with Gasteiger partial charge in [-0.2, -0.15) is 0 Å². The predicted octanol–water partition coefficient (Wildman–Crippen LogP) is -0.402. The maximum atomic E-state index is 14.4. The molecule has 428 valence electrons. The summed E-state index contributed by atoms with van der Waals surface area (Å²) in [6.07, 6.45) is -0.200. The number of hydrogen-bond donors (Lipinski definition) is 12. The number of nitrogens with one attached hydrogen (secondary N) is 6. The van der Waals surface area contributed by atoms with Gasteiger partial charge in [0.05, 0.1) is 12.6 Å². The standard InChI is InChI=1S/C55H73N9O15/c1-30(2)45(52(75)59-39(27-33-14-18-35(66)19-15-33)48(71)57-38(55(78)79)22-23-44(68)69)61-49(72)40(28-34-16-20-36(67)21-17-34)58-50(73)42-12-8-24-63(42)53(76)41(29-65)60-51(74)43-13-9-25-64(43)54(77)46(31(3)4)62-47(70)37(56)26-32-10-6-5-7-11-32/h5-7,10-11,14-21,30-31,37-43,45-46,65-67H,8-9,12-13,22-29,56H2,1-4H3,(H,57,71)(H,58,73)(H,59,75)(H,60,74)(H,61,72)(H,62,70)(H,68,69)(H,78,79)/t37-,38-,39-,40-,41-,42-,43-,45-,46-/m0/s1.